The molecule has 0 aromatic carbocycles. The maximum absolute atomic E-state index is 3.52. The summed E-state index contributed by atoms with van der Waals surface area (Å²) in [6, 6.07) is 0. The van der Waals surface area contributed by atoms with Crippen LogP contribution in [-0.2, 0) is 0 Å². The fraction of sp³-hybridized carbons (Fsp3) is 1.00. The van der Waals surface area contributed by atoms with Gasteiger partial charge in [0.15, 0.2) is 0 Å². The minimum Gasteiger partial charge on any atom is -0.0928 e. The Labute approximate surface area is 118 Å². The Kier molecular flexibility index (Phi) is 9.33. The first kappa shape index (κ1) is 15.0. The lowest BCUT2D eigenvalue weighted by Crippen LogP contribution is -2.14. The highest BCUT2D eigenvalue weighted by atomic mass is 79.9. The average Bonchev–Trinajstić information content (AvgIpc) is 2.32. The molecule has 0 heterocycles. The van der Waals surface area contributed by atoms with Crippen molar-refractivity contribution in [3.8, 4) is 0 Å². The SMILES string of the molecule is BrCCCCC1CCC(CCCCBr)CC1. The second-order valence-electron chi connectivity index (χ2n) is 5.26. The van der Waals surface area contributed by atoms with E-state index in [4.69, 9.17) is 0 Å². The normalized spacial score (nSPS) is 25.9. The molecule has 0 bridgehead atoms. The Morgan fingerprint density at radius 3 is 1.31 bits per heavy atom. The third-order valence-corrected chi connectivity index (χ3v) is 5.08. The predicted molar refractivity (Wildman–Crippen MR) is 80.7 cm³/mol. The van der Waals surface area contributed by atoms with Crippen LogP contribution in [0.15, 0.2) is 0 Å². The molecule has 0 amide bonds. The average molecular weight is 354 g/mol. The molecule has 96 valence electrons. The van der Waals surface area contributed by atoms with Crippen molar-refractivity contribution in [2.24, 2.45) is 11.8 Å². The number of alkyl halides is 2. The van der Waals surface area contributed by atoms with Crippen LogP contribution in [0.1, 0.15) is 64.2 Å². The minimum atomic E-state index is 1.06. The van der Waals surface area contributed by atoms with Gasteiger partial charge in [-0.05, 0) is 24.7 Å². The lowest BCUT2D eigenvalue weighted by Gasteiger charge is -2.28. The largest absolute Gasteiger partial charge is 0.0928 e. The van der Waals surface area contributed by atoms with Gasteiger partial charge in [0.1, 0.15) is 0 Å². The molecule has 0 aromatic rings. The molecule has 1 rings (SSSR count). The van der Waals surface area contributed by atoms with Crippen LogP contribution in [0.4, 0.5) is 0 Å². The van der Waals surface area contributed by atoms with Crippen LogP contribution in [0.3, 0.4) is 0 Å². The molecule has 0 aliphatic heterocycles. The fourth-order valence-corrected chi connectivity index (χ4v) is 3.66. The molecule has 0 atom stereocenters. The molecular weight excluding hydrogens is 328 g/mol. The molecule has 0 saturated heterocycles. The Balaban J connectivity index is 2.00. The third kappa shape index (κ3) is 6.64. The summed E-state index contributed by atoms with van der Waals surface area (Å²) in [6.07, 6.45) is 14.6. The van der Waals surface area contributed by atoms with Crippen molar-refractivity contribution in [2.45, 2.75) is 64.2 Å². The topological polar surface area (TPSA) is 0 Å². The lowest BCUT2D eigenvalue weighted by atomic mass is 9.78. The summed E-state index contributed by atoms with van der Waals surface area (Å²) in [7, 11) is 0. The number of rotatable bonds is 8. The Morgan fingerprint density at radius 2 is 1.00 bits per heavy atom. The Morgan fingerprint density at radius 1 is 0.625 bits per heavy atom. The molecule has 1 aliphatic rings. The van der Waals surface area contributed by atoms with E-state index in [0.29, 0.717) is 0 Å². The molecule has 0 N–H and O–H groups in total. The van der Waals surface area contributed by atoms with Crippen LogP contribution in [0.25, 0.3) is 0 Å². The van der Waals surface area contributed by atoms with Crippen molar-refractivity contribution in [3.05, 3.63) is 0 Å². The van der Waals surface area contributed by atoms with Crippen molar-refractivity contribution in [1.29, 1.82) is 0 Å². The van der Waals surface area contributed by atoms with E-state index in [2.05, 4.69) is 31.9 Å². The van der Waals surface area contributed by atoms with E-state index in [0.717, 1.165) is 11.8 Å². The van der Waals surface area contributed by atoms with Gasteiger partial charge in [-0.2, -0.15) is 0 Å². The molecule has 0 unspecified atom stereocenters. The first-order valence-corrected chi connectivity index (χ1v) is 9.23. The number of hydrogen-bond acceptors (Lipinski definition) is 0. The first-order chi connectivity index (χ1) is 7.86. The van der Waals surface area contributed by atoms with Gasteiger partial charge in [-0.15, -0.1) is 0 Å². The highest BCUT2D eigenvalue weighted by Crippen LogP contribution is 2.34. The van der Waals surface area contributed by atoms with Crippen molar-refractivity contribution in [2.75, 3.05) is 10.7 Å². The maximum Gasteiger partial charge on any atom is 0.00313 e. The van der Waals surface area contributed by atoms with Crippen molar-refractivity contribution in [1.82, 2.24) is 0 Å². The zero-order chi connectivity index (χ0) is 11.6. The van der Waals surface area contributed by atoms with Crippen LogP contribution in [0, 0.1) is 11.8 Å². The Hall–Kier alpha value is 0.960. The van der Waals surface area contributed by atoms with E-state index in [1.807, 2.05) is 0 Å². The summed E-state index contributed by atoms with van der Waals surface area (Å²) in [5, 5.41) is 2.38. The van der Waals surface area contributed by atoms with Crippen LogP contribution >= 0.6 is 31.9 Å². The van der Waals surface area contributed by atoms with Crippen LogP contribution in [0.5, 0.6) is 0 Å². The highest BCUT2D eigenvalue weighted by Gasteiger charge is 2.20. The van der Waals surface area contributed by atoms with Gasteiger partial charge in [-0.3, -0.25) is 0 Å². The van der Waals surface area contributed by atoms with Gasteiger partial charge in [0, 0.05) is 10.7 Å². The van der Waals surface area contributed by atoms with E-state index in [1.54, 1.807) is 0 Å². The third-order valence-electron chi connectivity index (χ3n) is 3.96. The van der Waals surface area contributed by atoms with Gasteiger partial charge in [0.25, 0.3) is 0 Å². The van der Waals surface area contributed by atoms with E-state index < -0.39 is 0 Å². The molecule has 1 aliphatic carbocycles. The second kappa shape index (κ2) is 9.94. The van der Waals surface area contributed by atoms with Crippen LogP contribution in [0.2, 0.25) is 0 Å². The van der Waals surface area contributed by atoms with E-state index in [1.165, 1.54) is 74.9 Å². The zero-order valence-corrected chi connectivity index (χ0v) is 13.6. The van der Waals surface area contributed by atoms with Crippen LogP contribution < -0.4 is 0 Å². The summed E-state index contributed by atoms with van der Waals surface area (Å²) in [5.41, 5.74) is 0. The van der Waals surface area contributed by atoms with Crippen molar-refractivity contribution >= 4 is 31.9 Å². The molecule has 0 radical (unpaired) electrons. The number of halogens is 2. The van der Waals surface area contributed by atoms with Gasteiger partial charge in [-0.25, -0.2) is 0 Å². The summed E-state index contributed by atoms with van der Waals surface area (Å²) >= 11 is 7.03. The fourth-order valence-electron chi connectivity index (χ4n) is 2.86. The van der Waals surface area contributed by atoms with Gasteiger partial charge >= 0.3 is 0 Å². The number of unbranched alkanes of at least 4 members (excludes halogenated alkanes) is 2. The van der Waals surface area contributed by atoms with Gasteiger partial charge in [-0.1, -0.05) is 83.2 Å². The monoisotopic (exact) mass is 352 g/mol. The van der Waals surface area contributed by atoms with Crippen molar-refractivity contribution < 1.29 is 0 Å². The second-order valence-corrected chi connectivity index (χ2v) is 6.84. The summed E-state index contributed by atoms with van der Waals surface area (Å²) in [5.74, 6) is 2.12. The van der Waals surface area contributed by atoms with Crippen LogP contribution in [-0.4, -0.2) is 10.7 Å². The summed E-state index contributed by atoms with van der Waals surface area (Å²) in [6.45, 7) is 0. The summed E-state index contributed by atoms with van der Waals surface area (Å²) in [4.78, 5) is 0. The zero-order valence-electron chi connectivity index (χ0n) is 10.4. The van der Waals surface area contributed by atoms with Gasteiger partial charge in [0.05, 0.1) is 0 Å². The predicted octanol–water partition coefficient (Wildman–Crippen LogP) is 5.92. The molecule has 16 heavy (non-hydrogen) atoms. The van der Waals surface area contributed by atoms with E-state index >= 15 is 0 Å². The van der Waals surface area contributed by atoms with Gasteiger partial charge < -0.3 is 0 Å². The highest BCUT2D eigenvalue weighted by molar-refractivity contribution is 9.09. The minimum absolute atomic E-state index is 1.06. The molecule has 0 spiro atoms. The molecule has 1 fully saturated rings. The Bertz CT molecular complexity index is 133. The van der Waals surface area contributed by atoms with E-state index in [9.17, 15) is 0 Å². The maximum atomic E-state index is 3.52. The number of hydrogen-bond donors (Lipinski definition) is 0. The molecular formula is C14H26Br2. The molecule has 0 nitrogen and oxygen atoms in total. The quantitative estimate of drug-likeness (QED) is 0.375. The molecule has 2 heteroatoms. The standard InChI is InChI=1S/C14H26Br2/c15-11-3-1-5-13-7-9-14(10-8-13)6-2-4-12-16/h13-14H,1-12H2. The molecule has 1 saturated carbocycles. The van der Waals surface area contributed by atoms with E-state index in [-0.39, 0.29) is 0 Å². The van der Waals surface area contributed by atoms with Crippen molar-refractivity contribution in [3.63, 3.8) is 0 Å². The molecule has 0 aromatic heterocycles. The lowest BCUT2D eigenvalue weighted by molar-refractivity contribution is 0.247. The van der Waals surface area contributed by atoms with Gasteiger partial charge in [0.2, 0.25) is 0 Å². The first-order valence-electron chi connectivity index (χ1n) is 6.98. The smallest absolute Gasteiger partial charge is 0.00313 e. The summed E-state index contributed by atoms with van der Waals surface area (Å²) < 4.78 is 0.